The second-order valence-electron chi connectivity index (χ2n) is 5.67. The van der Waals surface area contributed by atoms with Crippen molar-refractivity contribution in [3.8, 4) is 11.5 Å². The van der Waals surface area contributed by atoms with Crippen molar-refractivity contribution in [2.45, 2.75) is 19.1 Å². The first-order chi connectivity index (χ1) is 12.0. The Morgan fingerprint density at radius 3 is 2.08 bits per heavy atom. The number of β-lactam (4-membered cyclic amide) rings is 1. The average Bonchev–Trinajstić information content (AvgIpc) is 2.61. The molecule has 1 saturated heterocycles. The third-order valence-electron chi connectivity index (χ3n) is 4.13. The zero-order chi connectivity index (χ0) is 18.0. The zero-order valence-electron chi connectivity index (χ0n) is 14.3. The van der Waals surface area contributed by atoms with Crippen molar-refractivity contribution in [3.05, 3.63) is 54.1 Å². The number of carbonyl (C=O) groups excluding carboxylic acids is 2. The predicted octanol–water partition coefficient (Wildman–Crippen LogP) is 2.72. The molecular formula is C19H19NO5. The monoisotopic (exact) mass is 341 g/mol. The number of esters is 1. The highest BCUT2D eigenvalue weighted by Crippen LogP contribution is 2.41. The van der Waals surface area contributed by atoms with Gasteiger partial charge in [0.2, 0.25) is 0 Å². The number of hydrogen-bond donors (Lipinski definition) is 0. The number of rotatable bonds is 5. The number of carbonyl (C=O) groups is 2. The highest BCUT2D eigenvalue weighted by molar-refractivity contribution is 6.05. The fourth-order valence-corrected chi connectivity index (χ4v) is 2.95. The van der Waals surface area contributed by atoms with Crippen LogP contribution in [0.2, 0.25) is 0 Å². The molecule has 25 heavy (non-hydrogen) atoms. The second-order valence-corrected chi connectivity index (χ2v) is 5.67. The van der Waals surface area contributed by atoms with E-state index in [0.29, 0.717) is 5.75 Å². The predicted molar refractivity (Wildman–Crippen MR) is 91.8 cm³/mol. The molecule has 0 aliphatic carbocycles. The Balaban J connectivity index is 1.88. The van der Waals surface area contributed by atoms with Crippen LogP contribution in [0.1, 0.15) is 18.5 Å². The molecule has 130 valence electrons. The molecule has 3 rings (SSSR count). The molecule has 0 aromatic heterocycles. The van der Waals surface area contributed by atoms with Crippen LogP contribution in [0.4, 0.5) is 5.69 Å². The molecule has 6 heteroatoms. The van der Waals surface area contributed by atoms with Gasteiger partial charge in [-0.2, -0.15) is 0 Å². The summed E-state index contributed by atoms with van der Waals surface area (Å²) < 4.78 is 15.6. The Morgan fingerprint density at radius 1 is 0.960 bits per heavy atom. The largest absolute Gasteiger partial charge is 0.497 e. The summed E-state index contributed by atoms with van der Waals surface area (Å²) in [5.41, 5.74) is 1.67. The molecule has 1 aliphatic rings. The Bertz CT molecular complexity index is 769. The number of ether oxygens (including phenoxy) is 3. The van der Waals surface area contributed by atoms with Crippen LogP contribution in [-0.2, 0) is 14.3 Å². The fraction of sp³-hybridized carbons (Fsp3) is 0.263. The summed E-state index contributed by atoms with van der Waals surface area (Å²) in [5, 5.41) is 0. The number of methoxy groups -OCH3 is 2. The van der Waals surface area contributed by atoms with Crippen molar-refractivity contribution in [1.82, 2.24) is 0 Å². The van der Waals surface area contributed by atoms with E-state index in [-0.39, 0.29) is 17.9 Å². The summed E-state index contributed by atoms with van der Waals surface area (Å²) in [4.78, 5) is 25.2. The van der Waals surface area contributed by atoms with Gasteiger partial charge < -0.3 is 14.2 Å². The lowest BCUT2D eigenvalue weighted by molar-refractivity contribution is -0.139. The van der Waals surface area contributed by atoms with Crippen LogP contribution in [0, 0.1) is 0 Å². The molecule has 2 aromatic carbocycles. The van der Waals surface area contributed by atoms with Gasteiger partial charge in [-0.3, -0.25) is 14.5 Å². The summed E-state index contributed by atoms with van der Waals surface area (Å²) >= 11 is 0. The van der Waals surface area contributed by atoms with E-state index < -0.39 is 6.10 Å². The van der Waals surface area contributed by atoms with Gasteiger partial charge in [-0.05, 0) is 42.0 Å². The Hall–Kier alpha value is -2.86. The lowest BCUT2D eigenvalue weighted by atomic mass is 9.89. The normalized spacial score (nSPS) is 19.3. The van der Waals surface area contributed by atoms with Crippen molar-refractivity contribution in [2.75, 3.05) is 19.1 Å². The van der Waals surface area contributed by atoms with Gasteiger partial charge in [0.1, 0.15) is 11.5 Å². The minimum atomic E-state index is -0.540. The number of hydrogen-bond acceptors (Lipinski definition) is 5. The van der Waals surface area contributed by atoms with Gasteiger partial charge in [0.15, 0.2) is 6.10 Å². The van der Waals surface area contributed by atoms with Crippen molar-refractivity contribution in [2.24, 2.45) is 0 Å². The van der Waals surface area contributed by atoms with E-state index in [1.165, 1.54) is 14.0 Å². The highest BCUT2D eigenvalue weighted by Gasteiger charge is 2.49. The number of anilines is 1. The summed E-state index contributed by atoms with van der Waals surface area (Å²) in [7, 11) is 3.12. The Labute approximate surface area is 145 Å². The van der Waals surface area contributed by atoms with E-state index in [2.05, 4.69) is 0 Å². The van der Waals surface area contributed by atoms with E-state index in [9.17, 15) is 9.59 Å². The van der Waals surface area contributed by atoms with Gasteiger partial charge >= 0.3 is 5.97 Å². The Kier molecular flexibility index (Phi) is 4.72. The first kappa shape index (κ1) is 17.0. The third-order valence-corrected chi connectivity index (χ3v) is 4.13. The van der Waals surface area contributed by atoms with E-state index in [1.54, 1.807) is 24.1 Å². The van der Waals surface area contributed by atoms with Crippen molar-refractivity contribution in [1.29, 1.82) is 0 Å². The topological polar surface area (TPSA) is 65.1 Å². The lowest BCUT2D eigenvalue weighted by Crippen LogP contribution is -2.59. The van der Waals surface area contributed by atoms with Crippen LogP contribution in [0.5, 0.6) is 11.5 Å². The van der Waals surface area contributed by atoms with Gasteiger partial charge in [-0.15, -0.1) is 0 Å². The molecule has 0 radical (unpaired) electrons. The molecule has 1 fully saturated rings. The lowest BCUT2D eigenvalue weighted by Gasteiger charge is -2.46. The SMILES string of the molecule is COc1ccc(N2C(=O)[C@H](OC)[C@@H]2c2ccc(OC(C)=O)cc2)cc1. The molecule has 0 spiro atoms. The smallest absolute Gasteiger partial charge is 0.308 e. The second kappa shape index (κ2) is 6.94. The first-order valence-corrected chi connectivity index (χ1v) is 7.83. The van der Waals surface area contributed by atoms with Crippen LogP contribution in [0.3, 0.4) is 0 Å². The molecule has 0 N–H and O–H groups in total. The zero-order valence-corrected chi connectivity index (χ0v) is 14.3. The molecule has 0 unspecified atom stereocenters. The maximum absolute atomic E-state index is 12.4. The maximum Gasteiger partial charge on any atom is 0.308 e. The Morgan fingerprint density at radius 2 is 1.56 bits per heavy atom. The number of benzene rings is 2. The van der Waals surface area contributed by atoms with Crippen LogP contribution in [-0.4, -0.2) is 32.2 Å². The summed E-state index contributed by atoms with van der Waals surface area (Å²) in [6.45, 7) is 1.35. The van der Waals surface area contributed by atoms with Crippen molar-refractivity contribution >= 4 is 17.6 Å². The molecule has 0 saturated carbocycles. The first-order valence-electron chi connectivity index (χ1n) is 7.83. The van der Waals surface area contributed by atoms with Crippen molar-refractivity contribution < 1.29 is 23.8 Å². The van der Waals surface area contributed by atoms with Crippen LogP contribution in [0.25, 0.3) is 0 Å². The summed E-state index contributed by atoms with van der Waals surface area (Å²) in [6, 6.07) is 14.1. The number of amides is 1. The average molecular weight is 341 g/mol. The van der Waals surface area contributed by atoms with Crippen LogP contribution in [0.15, 0.2) is 48.5 Å². The molecule has 0 bridgehead atoms. The molecule has 1 heterocycles. The number of nitrogens with zero attached hydrogens (tertiary/aromatic N) is 1. The van der Waals surface area contributed by atoms with Gasteiger partial charge in [-0.25, -0.2) is 0 Å². The molecule has 2 aromatic rings. The summed E-state index contributed by atoms with van der Waals surface area (Å²) in [6.07, 6.45) is -0.540. The minimum absolute atomic E-state index is 0.0956. The van der Waals surface area contributed by atoms with Gasteiger partial charge in [-0.1, -0.05) is 12.1 Å². The quantitative estimate of drug-likeness (QED) is 0.475. The standard InChI is InChI=1S/C19H19NO5/c1-12(21)25-16-8-4-13(5-9-16)17-18(24-3)19(22)20(17)14-6-10-15(23-2)11-7-14/h4-11,17-18H,1-3H3/t17-,18+/m0/s1. The van der Waals surface area contributed by atoms with Crippen LogP contribution >= 0.6 is 0 Å². The van der Waals surface area contributed by atoms with E-state index in [1.807, 2.05) is 36.4 Å². The van der Waals surface area contributed by atoms with E-state index in [0.717, 1.165) is 17.0 Å². The van der Waals surface area contributed by atoms with Gasteiger partial charge in [0.25, 0.3) is 5.91 Å². The maximum atomic E-state index is 12.4. The van der Waals surface area contributed by atoms with E-state index in [4.69, 9.17) is 14.2 Å². The van der Waals surface area contributed by atoms with Crippen molar-refractivity contribution in [3.63, 3.8) is 0 Å². The molecule has 1 aliphatic heterocycles. The molecular weight excluding hydrogens is 322 g/mol. The highest BCUT2D eigenvalue weighted by atomic mass is 16.5. The molecule has 1 amide bonds. The van der Waals surface area contributed by atoms with Gasteiger partial charge in [0, 0.05) is 19.7 Å². The summed E-state index contributed by atoms with van der Waals surface area (Å²) in [5.74, 6) is 0.720. The van der Waals surface area contributed by atoms with Gasteiger partial charge in [0.05, 0.1) is 13.2 Å². The minimum Gasteiger partial charge on any atom is -0.497 e. The van der Waals surface area contributed by atoms with E-state index >= 15 is 0 Å². The molecule has 2 atom stereocenters. The fourth-order valence-electron chi connectivity index (χ4n) is 2.95. The molecule has 6 nitrogen and oxygen atoms in total. The van der Waals surface area contributed by atoms with Crippen LogP contribution < -0.4 is 14.4 Å². The third kappa shape index (κ3) is 3.21.